The molecular formula is C16H24N2S. The molecule has 2 saturated heterocycles. The summed E-state index contributed by atoms with van der Waals surface area (Å²) in [7, 11) is 0. The molecule has 0 bridgehead atoms. The molecular weight excluding hydrogens is 252 g/mol. The van der Waals surface area contributed by atoms with E-state index in [0.29, 0.717) is 6.04 Å². The van der Waals surface area contributed by atoms with Crippen LogP contribution in [0.15, 0.2) is 30.3 Å². The lowest BCUT2D eigenvalue weighted by molar-refractivity contribution is 0.0892. The van der Waals surface area contributed by atoms with Gasteiger partial charge in [-0.25, -0.2) is 0 Å². The molecule has 3 rings (SSSR count). The summed E-state index contributed by atoms with van der Waals surface area (Å²) in [6.45, 7) is 4.63. The Morgan fingerprint density at radius 2 is 2.16 bits per heavy atom. The van der Waals surface area contributed by atoms with Gasteiger partial charge in [-0.15, -0.1) is 0 Å². The molecule has 3 heteroatoms. The summed E-state index contributed by atoms with van der Waals surface area (Å²) >= 11 is 2.12. The molecule has 0 spiro atoms. The van der Waals surface area contributed by atoms with Gasteiger partial charge >= 0.3 is 0 Å². The highest BCUT2D eigenvalue weighted by atomic mass is 32.2. The molecule has 0 radical (unpaired) electrons. The van der Waals surface area contributed by atoms with Crippen LogP contribution < -0.4 is 5.32 Å². The summed E-state index contributed by atoms with van der Waals surface area (Å²) in [5, 5.41) is 3.74. The Hall–Kier alpha value is -0.510. The normalized spacial score (nSPS) is 32.6. The van der Waals surface area contributed by atoms with Gasteiger partial charge in [0.2, 0.25) is 0 Å². The number of thioether (sulfide) groups is 1. The molecule has 0 aliphatic carbocycles. The van der Waals surface area contributed by atoms with E-state index in [1.54, 1.807) is 0 Å². The first-order valence-electron chi connectivity index (χ1n) is 7.50. The zero-order valence-electron chi connectivity index (χ0n) is 11.7. The third-order valence-electron chi connectivity index (χ3n) is 4.51. The predicted octanol–water partition coefficient (Wildman–Crippen LogP) is 2.92. The van der Waals surface area contributed by atoms with Crippen LogP contribution in [0.25, 0.3) is 0 Å². The van der Waals surface area contributed by atoms with Crippen LogP contribution >= 0.6 is 11.8 Å². The maximum atomic E-state index is 3.74. The van der Waals surface area contributed by atoms with Crippen molar-refractivity contribution in [2.45, 2.75) is 37.9 Å². The molecule has 2 aliphatic heterocycles. The molecule has 1 N–H and O–H groups in total. The average molecular weight is 276 g/mol. The van der Waals surface area contributed by atoms with Crippen LogP contribution in [0, 0.1) is 0 Å². The van der Waals surface area contributed by atoms with E-state index in [1.165, 1.54) is 36.5 Å². The number of nitrogens with zero attached hydrogens (tertiary/aromatic N) is 1. The minimum absolute atomic E-state index is 0.509. The maximum absolute atomic E-state index is 3.74. The van der Waals surface area contributed by atoms with Crippen LogP contribution in [-0.4, -0.2) is 41.6 Å². The molecule has 0 aromatic heterocycles. The number of nitrogens with one attached hydrogen (secondary N) is 1. The van der Waals surface area contributed by atoms with Crippen LogP contribution in [-0.2, 0) is 0 Å². The van der Waals surface area contributed by atoms with Gasteiger partial charge in [-0.05, 0) is 24.2 Å². The second-order valence-corrected chi connectivity index (χ2v) is 6.80. The smallest absolute Gasteiger partial charge is 0.0450 e. The van der Waals surface area contributed by atoms with Gasteiger partial charge in [0, 0.05) is 37.0 Å². The quantitative estimate of drug-likeness (QED) is 0.914. The van der Waals surface area contributed by atoms with Gasteiger partial charge in [-0.3, -0.25) is 4.90 Å². The maximum Gasteiger partial charge on any atom is 0.0450 e. The van der Waals surface area contributed by atoms with Crippen molar-refractivity contribution in [2.75, 3.05) is 24.6 Å². The highest BCUT2D eigenvalue weighted by molar-refractivity contribution is 7.99. The minimum Gasteiger partial charge on any atom is -0.307 e. The van der Waals surface area contributed by atoms with Gasteiger partial charge in [-0.2, -0.15) is 11.8 Å². The molecule has 3 atom stereocenters. The Morgan fingerprint density at radius 3 is 2.84 bits per heavy atom. The fourth-order valence-corrected chi connectivity index (χ4v) is 4.57. The van der Waals surface area contributed by atoms with Gasteiger partial charge < -0.3 is 5.32 Å². The number of hydrogen-bond donors (Lipinski definition) is 1. The summed E-state index contributed by atoms with van der Waals surface area (Å²) in [5.41, 5.74) is 1.44. The summed E-state index contributed by atoms with van der Waals surface area (Å²) in [4.78, 5) is 2.79. The van der Waals surface area contributed by atoms with E-state index in [-0.39, 0.29) is 0 Å². The van der Waals surface area contributed by atoms with E-state index in [0.717, 1.165) is 18.6 Å². The van der Waals surface area contributed by atoms with Crippen molar-refractivity contribution in [2.24, 2.45) is 0 Å². The molecule has 19 heavy (non-hydrogen) atoms. The van der Waals surface area contributed by atoms with Crippen molar-refractivity contribution in [3.8, 4) is 0 Å². The highest BCUT2D eigenvalue weighted by Gasteiger charge is 2.33. The lowest BCUT2D eigenvalue weighted by Gasteiger charge is -2.43. The van der Waals surface area contributed by atoms with Gasteiger partial charge in [0.25, 0.3) is 0 Å². The molecule has 3 unspecified atom stereocenters. The van der Waals surface area contributed by atoms with Crippen molar-refractivity contribution in [3.05, 3.63) is 35.9 Å². The Kier molecular flexibility index (Phi) is 4.46. The fraction of sp³-hybridized carbons (Fsp3) is 0.625. The first kappa shape index (κ1) is 13.5. The van der Waals surface area contributed by atoms with Crippen LogP contribution in [0.1, 0.15) is 31.4 Å². The molecule has 2 heterocycles. The number of rotatable bonds is 3. The van der Waals surface area contributed by atoms with E-state index in [2.05, 4.69) is 59.2 Å². The van der Waals surface area contributed by atoms with E-state index in [9.17, 15) is 0 Å². The third kappa shape index (κ3) is 2.99. The van der Waals surface area contributed by atoms with Gasteiger partial charge in [-0.1, -0.05) is 37.3 Å². The minimum atomic E-state index is 0.509. The average Bonchev–Trinajstić information content (AvgIpc) is 3.01. The first-order chi connectivity index (χ1) is 9.38. The van der Waals surface area contributed by atoms with Crippen molar-refractivity contribution < 1.29 is 0 Å². The molecule has 2 aliphatic rings. The van der Waals surface area contributed by atoms with E-state index >= 15 is 0 Å². The highest BCUT2D eigenvalue weighted by Crippen LogP contribution is 2.29. The lowest BCUT2D eigenvalue weighted by atomic mass is 9.98. The van der Waals surface area contributed by atoms with Gasteiger partial charge in [0.15, 0.2) is 0 Å². The Balaban J connectivity index is 1.73. The molecule has 1 aromatic carbocycles. The Bertz CT molecular complexity index is 387. The van der Waals surface area contributed by atoms with Crippen molar-refractivity contribution in [1.29, 1.82) is 0 Å². The number of hydrogen-bond acceptors (Lipinski definition) is 3. The van der Waals surface area contributed by atoms with E-state index in [4.69, 9.17) is 0 Å². The molecule has 2 fully saturated rings. The van der Waals surface area contributed by atoms with Gasteiger partial charge in [0.05, 0.1) is 0 Å². The van der Waals surface area contributed by atoms with Gasteiger partial charge in [0.1, 0.15) is 0 Å². The third-order valence-corrected chi connectivity index (χ3v) is 5.65. The molecule has 0 saturated carbocycles. The zero-order valence-corrected chi connectivity index (χ0v) is 12.5. The van der Waals surface area contributed by atoms with Crippen LogP contribution in [0.2, 0.25) is 0 Å². The second-order valence-electron chi connectivity index (χ2n) is 5.65. The molecule has 0 amide bonds. The number of benzene rings is 1. The van der Waals surface area contributed by atoms with Crippen molar-refractivity contribution in [1.82, 2.24) is 10.2 Å². The first-order valence-corrected chi connectivity index (χ1v) is 8.65. The van der Waals surface area contributed by atoms with E-state index in [1.807, 2.05) is 0 Å². The van der Waals surface area contributed by atoms with Crippen LogP contribution in [0.4, 0.5) is 0 Å². The topological polar surface area (TPSA) is 15.3 Å². The monoisotopic (exact) mass is 276 g/mol. The summed E-state index contributed by atoms with van der Waals surface area (Å²) < 4.78 is 0. The van der Waals surface area contributed by atoms with Crippen LogP contribution in [0.5, 0.6) is 0 Å². The fourth-order valence-electron chi connectivity index (χ4n) is 3.34. The standard InChI is InChI=1S/C16H24N2S/c1-2-14-10-17-16(13-6-4-3-5-7-13)11-18(14)15-8-9-19-12-15/h3-7,14-17H,2,8-12H2,1H3. The lowest BCUT2D eigenvalue weighted by Crippen LogP contribution is -2.56. The summed E-state index contributed by atoms with van der Waals surface area (Å²) in [6.07, 6.45) is 2.64. The molecule has 104 valence electrons. The van der Waals surface area contributed by atoms with Crippen molar-refractivity contribution >= 4 is 11.8 Å². The zero-order chi connectivity index (χ0) is 13.1. The Labute approximate surface area is 121 Å². The largest absolute Gasteiger partial charge is 0.307 e. The SMILES string of the molecule is CCC1CNC(c2ccccc2)CN1C1CCSC1. The van der Waals surface area contributed by atoms with Crippen LogP contribution in [0.3, 0.4) is 0 Å². The summed E-state index contributed by atoms with van der Waals surface area (Å²) in [6, 6.07) is 13.0. The predicted molar refractivity (Wildman–Crippen MR) is 83.7 cm³/mol. The van der Waals surface area contributed by atoms with E-state index < -0.39 is 0 Å². The Morgan fingerprint density at radius 1 is 1.32 bits per heavy atom. The van der Waals surface area contributed by atoms with Crippen molar-refractivity contribution in [3.63, 3.8) is 0 Å². The molecule has 1 aromatic rings. The molecule has 2 nitrogen and oxygen atoms in total. The second kappa shape index (κ2) is 6.29. The summed E-state index contributed by atoms with van der Waals surface area (Å²) in [5.74, 6) is 2.68. The number of piperazine rings is 1.